The first-order chi connectivity index (χ1) is 24.8. The Hall–Kier alpha value is -6.64. The van der Waals surface area contributed by atoms with Crippen LogP contribution in [0.5, 0.6) is 0 Å². The number of nitrogens with zero attached hydrogens (tertiary/aromatic N) is 1. The van der Waals surface area contributed by atoms with E-state index in [2.05, 4.69) is 187 Å². The third kappa shape index (κ3) is 4.57. The summed E-state index contributed by atoms with van der Waals surface area (Å²) in [7, 11) is 0. The molecule has 2 nitrogen and oxygen atoms in total. The van der Waals surface area contributed by atoms with Gasteiger partial charge in [0.15, 0.2) is 5.58 Å². The van der Waals surface area contributed by atoms with Crippen LogP contribution in [0.25, 0.3) is 76.5 Å². The van der Waals surface area contributed by atoms with Gasteiger partial charge in [-0.05, 0) is 85.6 Å². The largest absolute Gasteiger partial charge is 0.454 e. The highest BCUT2D eigenvalue weighted by Gasteiger charge is 2.22. The van der Waals surface area contributed by atoms with Gasteiger partial charge >= 0.3 is 0 Å². The summed E-state index contributed by atoms with van der Waals surface area (Å²) in [5, 5.41) is 9.60. The molecule has 0 aliphatic carbocycles. The summed E-state index contributed by atoms with van der Waals surface area (Å²) in [6.45, 7) is 0. The number of benzene rings is 9. The Labute approximate surface area is 290 Å². The van der Waals surface area contributed by atoms with Gasteiger partial charge in [0.1, 0.15) is 5.58 Å². The summed E-state index contributed by atoms with van der Waals surface area (Å²) >= 11 is 0. The summed E-state index contributed by atoms with van der Waals surface area (Å²) in [6.07, 6.45) is 0. The van der Waals surface area contributed by atoms with Crippen LogP contribution >= 0.6 is 0 Å². The molecule has 50 heavy (non-hydrogen) atoms. The summed E-state index contributed by atoms with van der Waals surface area (Å²) in [4.78, 5) is 2.37. The molecule has 0 aliphatic rings. The van der Waals surface area contributed by atoms with E-state index in [0.29, 0.717) is 0 Å². The van der Waals surface area contributed by atoms with Crippen molar-refractivity contribution < 1.29 is 4.42 Å². The van der Waals surface area contributed by atoms with Crippen LogP contribution in [0.3, 0.4) is 0 Å². The van der Waals surface area contributed by atoms with Gasteiger partial charge in [-0.3, -0.25) is 0 Å². The minimum absolute atomic E-state index is 0.873. The normalized spacial score (nSPS) is 11.6. The van der Waals surface area contributed by atoms with Gasteiger partial charge in [0.25, 0.3) is 0 Å². The van der Waals surface area contributed by atoms with Crippen LogP contribution in [0.15, 0.2) is 192 Å². The second kappa shape index (κ2) is 11.5. The molecule has 10 aromatic rings. The molecule has 0 saturated heterocycles. The molecule has 0 fully saturated rings. The highest BCUT2D eigenvalue weighted by molar-refractivity contribution is 6.16. The van der Waals surface area contributed by atoms with Gasteiger partial charge in [-0.25, -0.2) is 0 Å². The molecule has 0 bridgehead atoms. The van der Waals surface area contributed by atoms with Crippen molar-refractivity contribution in [2.24, 2.45) is 0 Å². The van der Waals surface area contributed by atoms with E-state index >= 15 is 0 Å². The predicted octanol–water partition coefficient (Wildman–Crippen LogP) is 13.8. The Balaban J connectivity index is 1.16. The molecule has 0 saturated carbocycles. The van der Waals surface area contributed by atoms with Crippen molar-refractivity contribution in [3.05, 3.63) is 188 Å². The Morgan fingerprint density at radius 1 is 0.340 bits per heavy atom. The quantitative estimate of drug-likeness (QED) is 0.175. The first-order valence-corrected chi connectivity index (χ1v) is 17.1. The second-order valence-electron chi connectivity index (χ2n) is 12.9. The van der Waals surface area contributed by atoms with E-state index < -0.39 is 0 Å². The molecule has 0 spiro atoms. The number of rotatable bonds is 5. The maximum atomic E-state index is 6.64. The van der Waals surface area contributed by atoms with Gasteiger partial charge in [0, 0.05) is 21.8 Å². The van der Waals surface area contributed by atoms with Crippen molar-refractivity contribution in [1.82, 2.24) is 0 Å². The molecule has 1 heterocycles. The summed E-state index contributed by atoms with van der Waals surface area (Å²) in [5.74, 6) is 0. The van der Waals surface area contributed by atoms with Gasteiger partial charge in [-0.2, -0.15) is 0 Å². The number of furan rings is 1. The average Bonchev–Trinajstić information content (AvgIpc) is 3.58. The minimum atomic E-state index is 0.873. The maximum absolute atomic E-state index is 6.64. The van der Waals surface area contributed by atoms with Crippen molar-refractivity contribution in [3.8, 4) is 22.3 Å². The lowest BCUT2D eigenvalue weighted by molar-refractivity contribution is 0.669. The first kappa shape index (κ1) is 28.4. The molecule has 0 unspecified atom stereocenters. The first-order valence-electron chi connectivity index (χ1n) is 17.1. The number of anilines is 3. The zero-order chi connectivity index (χ0) is 33.0. The zero-order valence-electron chi connectivity index (χ0n) is 27.3. The molecule has 1 aromatic heterocycles. The monoisotopic (exact) mass is 637 g/mol. The summed E-state index contributed by atoms with van der Waals surface area (Å²) in [5.41, 5.74) is 9.75. The van der Waals surface area contributed by atoms with E-state index in [1.54, 1.807) is 0 Å². The van der Waals surface area contributed by atoms with E-state index in [-0.39, 0.29) is 0 Å². The lowest BCUT2D eigenvalue weighted by atomic mass is 9.95. The molecule has 234 valence electrons. The molecule has 0 radical (unpaired) electrons. The van der Waals surface area contributed by atoms with E-state index in [1.807, 2.05) is 6.07 Å². The lowest BCUT2D eigenvalue weighted by Gasteiger charge is -2.27. The third-order valence-electron chi connectivity index (χ3n) is 10.0. The van der Waals surface area contributed by atoms with E-state index in [0.717, 1.165) is 39.0 Å². The van der Waals surface area contributed by atoms with E-state index in [1.165, 1.54) is 54.6 Å². The Morgan fingerprint density at radius 3 is 1.82 bits per heavy atom. The predicted molar refractivity (Wildman–Crippen MR) is 212 cm³/mol. The summed E-state index contributed by atoms with van der Waals surface area (Å²) < 4.78 is 6.64. The van der Waals surface area contributed by atoms with Gasteiger partial charge in [-0.1, -0.05) is 152 Å². The molecule has 0 aliphatic heterocycles. The van der Waals surface area contributed by atoms with Crippen LogP contribution < -0.4 is 4.90 Å². The third-order valence-corrected chi connectivity index (χ3v) is 10.0. The standard InChI is InChI=1S/C48H31NO/c1-3-17-38-33(12-1)14-10-22-39(38)35-16-9-15-34(30-35)32-26-28-37(29-27-32)49(45-24-11-23-44-43-21-7-8-25-47(43)50-48(44)45)46-31-36-13-2-4-18-40(36)41-19-5-6-20-42(41)46/h1-31H. The van der Waals surface area contributed by atoms with Crippen LogP contribution in [0.1, 0.15) is 0 Å². The van der Waals surface area contributed by atoms with Crippen molar-refractivity contribution in [2.75, 3.05) is 4.90 Å². The van der Waals surface area contributed by atoms with Crippen molar-refractivity contribution in [3.63, 3.8) is 0 Å². The van der Waals surface area contributed by atoms with Gasteiger partial charge in [0.05, 0.1) is 11.4 Å². The minimum Gasteiger partial charge on any atom is -0.454 e. The molecule has 0 N–H and O–H groups in total. The molecule has 10 rings (SSSR count). The molecule has 0 atom stereocenters. The Kier molecular flexibility index (Phi) is 6.53. The van der Waals surface area contributed by atoms with Crippen LogP contribution in [0, 0.1) is 0 Å². The average molecular weight is 638 g/mol. The highest BCUT2D eigenvalue weighted by atomic mass is 16.3. The molecular weight excluding hydrogens is 607 g/mol. The number of hydrogen-bond acceptors (Lipinski definition) is 2. The number of fused-ring (bicyclic) bond motifs is 7. The highest BCUT2D eigenvalue weighted by Crippen LogP contribution is 2.46. The molecule has 9 aromatic carbocycles. The van der Waals surface area contributed by atoms with Gasteiger partial charge in [-0.15, -0.1) is 0 Å². The van der Waals surface area contributed by atoms with Crippen molar-refractivity contribution >= 4 is 71.3 Å². The van der Waals surface area contributed by atoms with Gasteiger partial charge in [0.2, 0.25) is 0 Å². The van der Waals surface area contributed by atoms with E-state index in [4.69, 9.17) is 4.42 Å². The fourth-order valence-electron chi connectivity index (χ4n) is 7.68. The zero-order valence-corrected chi connectivity index (χ0v) is 27.3. The fraction of sp³-hybridized carbons (Fsp3) is 0. The maximum Gasteiger partial charge on any atom is 0.159 e. The SMILES string of the molecule is c1cc(-c2ccc(N(c3cc4ccccc4c4ccccc34)c3cccc4c3oc3ccccc34)cc2)cc(-c2cccc3ccccc23)c1. The Bertz CT molecular complexity index is 2870. The van der Waals surface area contributed by atoms with Crippen LogP contribution in [-0.2, 0) is 0 Å². The molecule has 0 amide bonds. The van der Waals surface area contributed by atoms with Crippen LogP contribution in [0.4, 0.5) is 17.1 Å². The number of para-hydroxylation sites is 2. The van der Waals surface area contributed by atoms with Crippen LogP contribution in [0.2, 0.25) is 0 Å². The molecular formula is C48H31NO. The smallest absolute Gasteiger partial charge is 0.159 e. The van der Waals surface area contributed by atoms with Crippen molar-refractivity contribution in [2.45, 2.75) is 0 Å². The van der Waals surface area contributed by atoms with Crippen molar-refractivity contribution in [1.29, 1.82) is 0 Å². The molecule has 2 heteroatoms. The summed E-state index contributed by atoms with van der Waals surface area (Å²) in [6, 6.07) is 67.5. The lowest BCUT2D eigenvalue weighted by Crippen LogP contribution is -2.11. The number of hydrogen-bond donors (Lipinski definition) is 0. The fourth-order valence-corrected chi connectivity index (χ4v) is 7.68. The Morgan fingerprint density at radius 2 is 0.960 bits per heavy atom. The second-order valence-corrected chi connectivity index (χ2v) is 12.9. The van der Waals surface area contributed by atoms with Gasteiger partial charge < -0.3 is 9.32 Å². The topological polar surface area (TPSA) is 16.4 Å². The van der Waals surface area contributed by atoms with Crippen LogP contribution in [-0.4, -0.2) is 0 Å². The van der Waals surface area contributed by atoms with E-state index in [9.17, 15) is 0 Å².